The van der Waals surface area contributed by atoms with E-state index in [9.17, 15) is 5.11 Å². The lowest BCUT2D eigenvalue weighted by Gasteiger charge is -2.26. The Morgan fingerprint density at radius 2 is 1.89 bits per heavy atom. The number of aryl methyl sites for hydroxylation is 1. The predicted octanol–water partition coefficient (Wildman–Crippen LogP) is 5.52. The summed E-state index contributed by atoms with van der Waals surface area (Å²) in [4.78, 5) is 7.04. The lowest BCUT2D eigenvalue weighted by Crippen LogP contribution is -2.28. The minimum absolute atomic E-state index is 0. The van der Waals surface area contributed by atoms with Gasteiger partial charge in [0.25, 0.3) is 0 Å². The summed E-state index contributed by atoms with van der Waals surface area (Å²) in [5.74, 6) is 0.228. The Morgan fingerprint density at radius 1 is 1.04 bits per heavy atom. The van der Waals surface area contributed by atoms with Crippen LogP contribution in [0.25, 0.3) is 17.0 Å². The van der Waals surface area contributed by atoms with Crippen LogP contribution < -0.4 is 0 Å². The minimum Gasteiger partial charge on any atom is -0.506 e. The van der Waals surface area contributed by atoms with Gasteiger partial charge in [-0.25, -0.2) is 4.98 Å². The summed E-state index contributed by atoms with van der Waals surface area (Å²) in [5.41, 5.74) is 5.63. The molecule has 144 valence electrons. The Hall–Kier alpha value is -2.62. The number of benzene rings is 2. The number of rotatable bonds is 4. The second-order valence-electron chi connectivity index (χ2n) is 7.11. The molecule has 3 aromatic rings. The number of phenolic OH excluding ortho intramolecular Hbond substituents is 1. The number of pyridine rings is 1. The highest BCUT2D eigenvalue weighted by molar-refractivity contribution is 5.85. The molecule has 0 radical (unpaired) electrons. The van der Waals surface area contributed by atoms with Crippen LogP contribution in [0.1, 0.15) is 23.2 Å². The fourth-order valence-electron chi connectivity index (χ4n) is 3.48. The lowest BCUT2D eigenvalue weighted by molar-refractivity contribution is 0.287. The smallest absolute Gasteiger partial charge is 0.141 e. The van der Waals surface area contributed by atoms with Crippen molar-refractivity contribution in [2.45, 2.75) is 19.9 Å². The summed E-state index contributed by atoms with van der Waals surface area (Å²) in [5, 5.41) is 10.9. The normalized spacial score (nSPS) is 14.8. The third kappa shape index (κ3) is 4.61. The number of nitrogens with zero attached hydrogens (tertiary/aromatic N) is 2. The fraction of sp³-hybridized carbons (Fsp3) is 0.208. The van der Waals surface area contributed by atoms with Crippen LogP contribution in [0.3, 0.4) is 0 Å². The van der Waals surface area contributed by atoms with Gasteiger partial charge in [0, 0.05) is 25.0 Å². The van der Waals surface area contributed by atoms with Gasteiger partial charge in [-0.15, -0.1) is 12.4 Å². The van der Waals surface area contributed by atoms with Crippen LogP contribution in [-0.2, 0) is 6.54 Å². The number of phenols is 1. The van der Waals surface area contributed by atoms with Gasteiger partial charge in [-0.05, 0) is 48.3 Å². The van der Waals surface area contributed by atoms with Gasteiger partial charge in [0.1, 0.15) is 11.3 Å². The minimum atomic E-state index is 0. The van der Waals surface area contributed by atoms with Crippen molar-refractivity contribution in [3.05, 3.63) is 89.1 Å². The summed E-state index contributed by atoms with van der Waals surface area (Å²) in [7, 11) is 0. The highest BCUT2D eigenvalue weighted by Crippen LogP contribution is 2.23. The van der Waals surface area contributed by atoms with Gasteiger partial charge >= 0.3 is 0 Å². The van der Waals surface area contributed by atoms with Crippen LogP contribution in [0.15, 0.2) is 72.3 Å². The Kier molecular flexibility index (Phi) is 6.50. The van der Waals surface area contributed by atoms with E-state index in [-0.39, 0.29) is 18.2 Å². The first-order valence-electron chi connectivity index (χ1n) is 9.42. The molecule has 1 N–H and O–H groups in total. The maximum atomic E-state index is 9.98. The molecule has 0 saturated heterocycles. The molecule has 4 rings (SSSR count). The fourth-order valence-corrected chi connectivity index (χ4v) is 3.48. The monoisotopic (exact) mass is 392 g/mol. The van der Waals surface area contributed by atoms with E-state index in [0.717, 1.165) is 37.1 Å². The molecular formula is C24H25ClN2O. The first-order chi connectivity index (χ1) is 13.2. The standard InChI is InChI=1S/C24H24N2O.ClH/c1-18-5-2-3-6-21(18)17-26-15-13-19(14-16-26)9-11-22-12-10-20-7-4-8-23(27)24(20)25-22;/h2-13,27H,14-17H2,1H3;1H/b11-9+;. The summed E-state index contributed by atoms with van der Waals surface area (Å²) < 4.78 is 0. The first-order valence-corrected chi connectivity index (χ1v) is 9.42. The third-order valence-electron chi connectivity index (χ3n) is 5.17. The lowest BCUT2D eigenvalue weighted by atomic mass is 10.0. The van der Waals surface area contributed by atoms with Gasteiger partial charge in [-0.2, -0.15) is 0 Å². The zero-order chi connectivity index (χ0) is 18.6. The molecule has 0 saturated carbocycles. The van der Waals surface area contributed by atoms with Crippen LogP contribution in [0.4, 0.5) is 0 Å². The summed E-state index contributed by atoms with van der Waals surface area (Å²) in [6.07, 6.45) is 7.53. The van der Waals surface area contributed by atoms with Crippen molar-refractivity contribution in [3.63, 3.8) is 0 Å². The van der Waals surface area contributed by atoms with E-state index in [4.69, 9.17) is 0 Å². The van der Waals surface area contributed by atoms with Crippen molar-refractivity contribution in [2.75, 3.05) is 13.1 Å². The quantitative estimate of drug-likeness (QED) is 0.635. The third-order valence-corrected chi connectivity index (χ3v) is 5.17. The molecule has 0 aliphatic carbocycles. The molecule has 2 heterocycles. The van der Waals surface area contributed by atoms with Crippen molar-refractivity contribution in [2.24, 2.45) is 0 Å². The molecule has 0 amide bonds. The number of halogens is 1. The molecule has 4 heteroatoms. The number of hydrogen-bond acceptors (Lipinski definition) is 3. The maximum Gasteiger partial charge on any atom is 0.141 e. The number of fused-ring (bicyclic) bond motifs is 1. The SMILES string of the molecule is Cc1ccccc1CN1CC=C(/C=C/c2ccc3cccc(O)c3n2)CC1.Cl. The highest BCUT2D eigenvalue weighted by Gasteiger charge is 2.11. The van der Waals surface area contributed by atoms with Crippen molar-refractivity contribution >= 4 is 29.4 Å². The number of aromatic nitrogens is 1. The maximum absolute atomic E-state index is 9.98. The number of para-hydroxylation sites is 1. The summed E-state index contributed by atoms with van der Waals surface area (Å²) >= 11 is 0. The Morgan fingerprint density at radius 3 is 2.68 bits per heavy atom. The second-order valence-corrected chi connectivity index (χ2v) is 7.11. The van der Waals surface area contributed by atoms with Crippen LogP contribution in [0.5, 0.6) is 5.75 Å². The molecule has 0 spiro atoms. The van der Waals surface area contributed by atoms with Crippen LogP contribution in [0, 0.1) is 6.92 Å². The summed E-state index contributed by atoms with van der Waals surface area (Å²) in [6.45, 7) is 5.22. The van der Waals surface area contributed by atoms with Gasteiger partial charge in [0.05, 0.1) is 5.69 Å². The molecule has 1 aromatic heterocycles. The second kappa shape index (κ2) is 9.05. The average molecular weight is 393 g/mol. The molecule has 3 nitrogen and oxygen atoms in total. The Labute approximate surface area is 172 Å². The Bertz CT molecular complexity index is 1030. The number of allylic oxidation sites excluding steroid dienone is 1. The van der Waals surface area contributed by atoms with E-state index < -0.39 is 0 Å². The van der Waals surface area contributed by atoms with E-state index in [1.807, 2.05) is 30.3 Å². The predicted molar refractivity (Wildman–Crippen MR) is 119 cm³/mol. The molecular weight excluding hydrogens is 368 g/mol. The van der Waals surface area contributed by atoms with Crippen molar-refractivity contribution in [1.82, 2.24) is 9.88 Å². The molecule has 1 aliphatic rings. The molecule has 2 aromatic carbocycles. The molecule has 1 aliphatic heterocycles. The average Bonchev–Trinajstić information content (AvgIpc) is 2.70. The molecule has 0 atom stereocenters. The number of aromatic hydroxyl groups is 1. The van der Waals surface area contributed by atoms with Crippen molar-refractivity contribution in [1.29, 1.82) is 0 Å². The van der Waals surface area contributed by atoms with Gasteiger partial charge < -0.3 is 5.11 Å². The number of hydrogen-bond donors (Lipinski definition) is 1. The first kappa shape index (κ1) is 20.1. The molecule has 0 unspecified atom stereocenters. The van der Waals surface area contributed by atoms with E-state index in [0.29, 0.717) is 5.52 Å². The van der Waals surface area contributed by atoms with Gasteiger partial charge in [0.2, 0.25) is 0 Å². The van der Waals surface area contributed by atoms with Crippen LogP contribution >= 0.6 is 12.4 Å². The molecule has 0 fully saturated rings. The van der Waals surface area contributed by atoms with E-state index >= 15 is 0 Å². The largest absolute Gasteiger partial charge is 0.506 e. The van der Waals surface area contributed by atoms with Gasteiger partial charge in [0.15, 0.2) is 0 Å². The van der Waals surface area contributed by atoms with E-state index in [1.165, 1.54) is 16.7 Å². The molecule has 0 bridgehead atoms. The van der Waals surface area contributed by atoms with Gasteiger partial charge in [-0.1, -0.05) is 54.6 Å². The summed E-state index contributed by atoms with van der Waals surface area (Å²) in [6, 6.07) is 18.1. The van der Waals surface area contributed by atoms with Crippen LogP contribution in [-0.4, -0.2) is 28.1 Å². The van der Waals surface area contributed by atoms with E-state index in [2.05, 4.69) is 53.2 Å². The zero-order valence-electron chi connectivity index (χ0n) is 16.0. The van der Waals surface area contributed by atoms with Crippen molar-refractivity contribution in [3.8, 4) is 5.75 Å². The van der Waals surface area contributed by atoms with E-state index in [1.54, 1.807) is 6.07 Å². The topological polar surface area (TPSA) is 36.4 Å². The molecule has 28 heavy (non-hydrogen) atoms. The van der Waals surface area contributed by atoms with Crippen LogP contribution in [0.2, 0.25) is 0 Å². The highest BCUT2D eigenvalue weighted by atomic mass is 35.5. The Balaban J connectivity index is 0.00000225. The van der Waals surface area contributed by atoms with Crippen molar-refractivity contribution < 1.29 is 5.11 Å². The van der Waals surface area contributed by atoms with Gasteiger partial charge in [-0.3, -0.25) is 4.90 Å². The zero-order valence-corrected chi connectivity index (χ0v) is 16.8.